The fourth-order valence-corrected chi connectivity index (χ4v) is 1.97. The lowest BCUT2D eigenvalue weighted by Crippen LogP contribution is -2.17. The minimum absolute atomic E-state index is 0.119. The lowest BCUT2D eigenvalue weighted by Gasteiger charge is -2.10. The van der Waals surface area contributed by atoms with Gasteiger partial charge in [0.05, 0.1) is 0 Å². The monoisotopic (exact) mass is 272 g/mol. The number of anilines is 1. The van der Waals surface area contributed by atoms with E-state index in [4.69, 9.17) is 0 Å². The normalized spacial score (nSPS) is 10.2. The molecule has 0 spiro atoms. The summed E-state index contributed by atoms with van der Waals surface area (Å²) < 4.78 is 13.0. The van der Waals surface area contributed by atoms with Gasteiger partial charge in [0.2, 0.25) is 0 Å². The second-order valence-corrected chi connectivity index (χ2v) is 4.58. The summed E-state index contributed by atoms with van der Waals surface area (Å²) in [6.45, 7) is 2.46. The van der Waals surface area contributed by atoms with Crippen LogP contribution in [0.15, 0.2) is 42.5 Å². The van der Waals surface area contributed by atoms with Crippen molar-refractivity contribution in [1.82, 2.24) is 5.32 Å². The SMILES string of the molecule is CNC(=O)c1cccc(NCc2ccc(F)cc2C)c1. The number of rotatable bonds is 4. The molecule has 104 valence electrons. The number of nitrogens with one attached hydrogen (secondary N) is 2. The minimum atomic E-state index is -0.229. The molecule has 20 heavy (non-hydrogen) atoms. The number of benzene rings is 2. The van der Waals surface area contributed by atoms with Gasteiger partial charge in [0.25, 0.3) is 5.91 Å². The summed E-state index contributed by atoms with van der Waals surface area (Å²) >= 11 is 0. The molecule has 2 N–H and O–H groups in total. The predicted molar refractivity (Wildman–Crippen MR) is 78.3 cm³/mol. The molecule has 2 aromatic rings. The minimum Gasteiger partial charge on any atom is -0.381 e. The molecule has 0 aliphatic heterocycles. The Morgan fingerprint density at radius 3 is 2.70 bits per heavy atom. The Kier molecular flexibility index (Phi) is 4.35. The van der Waals surface area contributed by atoms with Gasteiger partial charge in [0, 0.05) is 24.8 Å². The second-order valence-electron chi connectivity index (χ2n) is 4.58. The van der Waals surface area contributed by atoms with Crippen molar-refractivity contribution in [2.75, 3.05) is 12.4 Å². The van der Waals surface area contributed by atoms with Gasteiger partial charge < -0.3 is 10.6 Å². The Morgan fingerprint density at radius 1 is 1.20 bits per heavy atom. The van der Waals surface area contributed by atoms with E-state index < -0.39 is 0 Å². The van der Waals surface area contributed by atoms with Crippen LogP contribution >= 0.6 is 0 Å². The van der Waals surface area contributed by atoms with Gasteiger partial charge in [-0.3, -0.25) is 4.79 Å². The molecule has 0 saturated heterocycles. The van der Waals surface area contributed by atoms with Crippen molar-refractivity contribution < 1.29 is 9.18 Å². The molecule has 4 heteroatoms. The number of carbonyl (C=O) groups is 1. The van der Waals surface area contributed by atoms with Crippen molar-refractivity contribution in [1.29, 1.82) is 0 Å². The Hall–Kier alpha value is -2.36. The van der Waals surface area contributed by atoms with Gasteiger partial charge >= 0.3 is 0 Å². The van der Waals surface area contributed by atoms with E-state index in [-0.39, 0.29) is 11.7 Å². The molecule has 2 rings (SSSR count). The third-order valence-electron chi connectivity index (χ3n) is 3.14. The quantitative estimate of drug-likeness (QED) is 0.898. The maximum atomic E-state index is 13.0. The number of aryl methyl sites for hydroxylation is 1. The Bertz CT molecular complexity index is 626. The third kappa shape index (κ3) is 3.35. The van der Waals surface area contributed by atoms with Gasteiger partial charge in [-0.25, -0.2) is 4.39 Å². The molecule has 0 heterocycles. The first-order valence-corrected chi connectivity index (χ1v) is 6.41. The van der Waals surface area contributed by atoms with Crippen LogP contribution in [0.25, 0.3) is 0 Å². The van der Waals surface area contributed by atoms with E-state index in [1.165, 1.54) is 12.1 Å². The summed E-state index contributed by atoms with van der Waals surface area (Å²) in [6.07, 6.45) is 0. The number of halogens is 1. The fourth-order valence-electron chi connectivity index (χ4n) is 1.97. The molecule has 0 fully saturated rings. The molecule has 0 bridgehead atoms. The van der Waals surface area contributed by atoms with E-state index in [0.717, 1.165) is 16.8 Å². The first-order chi connectivity index (χ1) is 9.60. The van der Waals surface area contributed by atoms with Crippen molar-refractivity contribution in [2.45, 2.75) is 13.5 Å². The molecule has 0 saturated carbocycles. The summed E-state index contributed by atoms with van der Waals surface area (Å²) in [5, 5.41) is 5.83. The average Bonchev–Trinajstić information content (AvgIpc) is 2.46. The zero-order chi connectivity index (χ0) is 14.5. The highest BCUT2D eigenvalue weighted by molar-refractivity contribution is 5.94. The first-order valence-electron chi connectivity index (χ1n) is 6.41. The van der Waals surface area contributed by atoms with Gasteiger partial charge in [-0.2, -0.15) is 0 Å². The Morgan fingerprint density at radius 2 is 2.00 bits per heavy atom. The van der Waals surface area contributed by atoms with Crippen LogP contribution in [-0.4, -0.2) is 13.0 Å². The highest BCUT2D eigenvalue weighted by Crippen LogP contribution is 2.15. The lowest BCUT2D eigenvalue weighted by atomic mass is 10.1. The van der Waals surface area contributed by atoms with Crippen LogP contribution in [0.1, 0.15) is 21.5 Å². The van der Waals surface area contributed by atoms with E-state index in [1.54, 1.807) is 25.2 Å². The van der Waals surface area contributed by atoms with Gasteiger partial charge in [-0.15, -0.1) is 0 Å². The van der Waals surface area contributed by atoms with Crippen molar-refractivity contribution in [3.8, 4) is 0 Å². The van der Waals surface area contributed by atoms with Crippen LogP contribution < -0.4 is 10.6 Å². The largest absolute Gasteiger partial charge is 0.381 e. The summed E-state index contributed by atoms with van der Waals surface area (Å²) in [5.41, 5.74) is 3.39. The van der Waals surface area contributed by atoms with Crippen molar-refractivity contribution >= 4 is 11.6 Å². The standard InChI is InChI=1S/C16H17FN2O/c1-11-8-14(17)7-6-13(11)10-19-15-5-3-4-12(9-15)16(20)18-2/h3-9,19H,10H2,1-2H3,(H,18,20). The van der Waals surface area contributed by atoms with Gasteiger partial charge in [0.15, 0.2) is 0 Å². The highest BCUT2D eigenvalue weighted by atomic mass is 19.1. The Balaban J connectivity index is 2.09. The zero-order valence-corrected chi connectivity index (χ0v) is 11.5. The molecule has 3 nitrogen and oxygen atoms in total. The number of hydrogen-bond donors (Lipinski definition) is 2. The van der Waals surface area contributed by atoms with Crippen LogP contribution in [0.2, 0.25) is 0 Å². The molecular formula is C16H17FN2O. The molecular weight excluding hydrogens is 255 g/mol. The zero-order valence-electron chi connectivity index (χ0n) is 11.5. The van der Waals surface area contributed by atoms with Crippen molar-refractivity contribution in [3.05, 3.63) is 65.0 Å². The molecule has 0 aromatic heterocycles. The molecule has 0 radical (unpaired) electrons. The Labute approximate surface area is 117 Å². The van der Waals surface area contributed by atoms with E-state index in [0.29, 0.717) is 12.1 Å². The number of amides is 1. The van der Waals surface area contributed by atoms with Crippen molar-refractivity contribution in [3.63, 3.8) is 0 Å². The molecule has 0 atom stereocenters. The smallest absolute Gasteiger partial charge is 0.251 e. The maximum Gasteiger partial charge on any atom is 0.251 e. The molecule has 0 unspecified atom stereocenters. The number of carbonyl (C=O) groups excluding carboxylic acids is 1. The van der Waals surface area contributed by atoms with E-state index in [9.17, 15) is 9.18 Å². The summed E-state index contributed by atoms with van der Waals surface area (Å²) in [6, 6.07) is 12.0. The summed E-state index contributed by atoms with van der Waals surface area (Å²) in [4.78, 5) is 11.6. The van der Waals surface area contributed by atoms with Crippen LogP contribution in [0, 0.1) is 12.7 Å². The third-order valence-corrected chi connectivity index (χ3v) is 3.14. The van der Waals surface area contributed by atoms with E-state index >= 15 is 0 Å². The van der Waals surface area contributed by atoms with Crippen LogP contribution in [0.5, 0.6) is 0 Å². The van der Waals surface area contributed by atoms with Gasteiger partial charge in [-0.05, 0) is 48.4 Å². The van der Waals surface area contributed by atoms with Crippen molar-refractivity contribution in [2.24, 2.45) is 0 Å². The second kappa shape index (κ2) is 6.19. The van der Waals surface area contributed by atoms with Crippen LogP contribution in [0.3, 0.4) is 0 Å². The van der Waals surface area contributed by atoms with E-state index in [2.05, 4.69) is 10.6 Å². The summed E-state index contributed by atoms with van der Waals surface area (Å²) in [7, 11) is 1.60. The topological polar surface area (TPSA) is 41.1 Å². The van der Waals surface area contributed by atoms with E-state index in [1.807, 2.05) is 19.1 Å². The van der Waals surface area contributed by atoms with Gasteiger partial charge in [-0.1, -0.05) is 12.1 Å². The molecule has 1 amide bonds. The molecule has 2 aromatic carbocycles. The molecule has 0 aliphatic carbocycles. The van der Waals surface area contributed by atoms with Crippen LogP contribution in [-0.2, 0) is 6.54 Å². The number of hydrogen-bond acceptors (Lipinski definition) is 2. The first kappa shape index (κ1) is 14.1. The molecule has 0 aliphatic rings. The van der Waals surface area contributed by atoms with Crippen LogP contribution in [0.4, 0.5) is 10.1 Å². The average molecular weight is 272 g/mol. The maximum absolute atomic E-state index is 13.0. The van der Waals surface area contributed by atoms with Gasteiger partial charge in [0.1, 0.15) is 5.82 Å². The predicted octanol–water partition coefficient (Wildman–Crippen LogP) is 3.11. The fraction of sp³-hybridized carbons (Fsp3) is 0.188. The lowest BCUT2D eigenvalue weighted by molar-refractivity contribution is 0.0963. The highest BCUT2D eigenvalue weighted by Gasteiger charge is 2.04. The summed E-state index contributed by atoms with van der Waals surface area (Å²) in [5.74, 6) is -0.348.